The Morgan fingerprint density at radius 2 is 1.64 bits per heavy atom. The highest BCUT2D eigenvalue weighted by molar-refractivity contribution is 6.07. The molecule has 2 amide bonds. The van der Waals surface area contributed by atoms with Gasteiger partial charge in [-0.05, 0) is 49.2 Å². The van der Waals surface area contributed by atoms with Crippen LogP contribution in [0.4, 0.5) is 17.1 Å². The minimum absolute atomic E-state index is 0.0321. The van der Waals surface area contributed by atoms with Gasteiger partial charge in [0.1, 0.15) is 0 Å². The van der Waals surface area contributed by atoms with Crippen LogP contribution in [0, 0.1) is 10.1 Å². The Bertz CT molecular complexity index is 1180. The maximum absolute atomic E-state index is 13.8. The topological polar surface area (TPSA) is 83.8 Å². The number of hydrogen-bond acceptors (Lipinski definition) is 4. The molecular weight excluding hydrogens is 418 g/mol. The molecule has 0 radical (unpaired) electrons. The van der Waals surface area contributed by atoms with Gasteiger partial charge in [0.25, 0.3) is 11.6 Å². The summed E-state index contributed by atoms with van der Waals surface area (Å²) in [5.41, 5.74) is 2.72. The average Bonchev–Trinajstić information content (AvgIpc) is 2.84. The molecule has 1 heterocycles. The van der Waals surface area contributed by atoms with E-state index >= 15 is 0 Å². The smallest absolute Gasteiger partial charge is 0.269 e. The monoisotopic (exact) mass is 443 g/mol. The van der Waals surface area contributed by atoms with E-state index in [1.165, 1.54) is 12.1 Å². The molecular formula is C26H25N3O4. The van der Waals surface area contributed by atoms with Crippen LogP contribution in [-0.2, 0) is 4.79 Å². The lowest BCUT2D eigenvalue weighted by atomic mass is 9.89. The molecule has 0 aliphatic carbocycles. The maximum atomic E-state index is 13.8. The van der Waals surface area contributed by atoms with Crippen molar-refractivity contribution in [2.45, 2.75) is 38.8 Å². The summed E-state index contributed by atoms with van der Waals surface area (Å²) in [7, 11) is 0. The molecule has 0 N–H and O–H groups in total. The number of amides is 2. The SMILES string of the molecule is CCC(=O)N1c2ccccc2[C@@H](N(C(=O)c2ccccc2)c2ccc([N+](=O)[O-])cc2)C[C@H]1C. The van der Waals surface area contributed by atoms with Crippen molar-refractivity contribution in [3.63, 3.8) is 0 Å². The lowest BCUT2D eigenvalue weighted by Crippen LogP contribution is -2.47. The molecule has 168 valence electrons. The lowest BCUT2D eigenvalue weighted by Gasteiger charge is -2.43. The van der Waals surface area contributed by atoms with E-state index < -0.39 is 4.92 Å². The molecule has 3 aromatic carbocycles. The molecule has 7 heteroatoms. The summed E-state index contributed by atoms with van der Waals surface area (Å²) < 4.78 is 0. The number of carbonyl (C=O) groups is 2. The molecule has 0 unspecified atom stereocenters. The number of hydrogen-bond donors (Lipinski definition) is 0. The standard InChI is InChI=1S/C26H25N3O4/c1-3-25(30)27-18(2)17-24(22-11-7-8-12-23(22)27)28(26(31)19-9-5-4-6-10-19)20-13-15-21(16-14-20)29(32)33/h4-16,18,24H,3,17H2,1-2H3/t18-,24+/m1/s1. The normalized spacial score (nSPS) is 17.2. The molecule has 0 aromatic heterocycles. The first-order valence-corrected chi connectivity index (χ1v) is 11.0. The minimum Gasteiger partial charge on any atom is -0.309 e. The number of carbonyl (C=O) groups excluding carboxylic acids is 2. The zero-order valence-electron chi connectivity index (χ0n) is 18.5. The number of nitrogens with zero attached hydrogens (tertiary/aromatic N) is 3. The van der Waals surface area contributed by atoms with Gasteiger partial charge in [0.05, 0.1) is 11.0 Å². The maximum Gasteiger partial charge on any atom is 0.269 e. The van der Waals surface area contributed by atoms with E-state index in [9.17, 15) is 19.7 Å². The Kier molecular flexibility index (Phi) is 6.22. The number of para-hydroxylation sites is 1. The summed E-state index contributed by atoms with van der Waals surface area (Å²) in [6, 6.07) is 22.2. The van der Waals surface area contributed by atoms with E-state index in [0.29, 0.717) is 24.1 Å². The first-order chi connectivity index (χ1) is 15.9. The van der Waals surface area contributed by atoms with Crippen LogP contribution in [0.3, 0.4) is 0 Å². The van der Waals surface area contributed by atoms with Crippen LogP contribution in [0.2, 0.25) is 0 Å². The van der Waals surface area contributed by atoms with Crippen molar-refractivity contribution in [2.75, 3.05) is 9.80 Å². The zero-order valence-corrected chi connectivity index (χ0v) is 18.5. The van der Waals surface area contributed by atoms with Crippen LogP contribution < -0.4 is 9.80 Å². The van der Waals surface area contributed by atoms with Gasteiger partial charge in [-0.25, -0.2) is 0 Å². The van der Waals surface area contributed by atoms with Gasteiger partial charge in [0.2, 0.25) is 5.91 Å². The molecule has 33 heavy (non-hydrogen) atoms. The van der Waals surface area contributed by atoms with Gasteiger partial charge in [-0.15, -0.1) is 0 Å². The van der Waals surface area contributed by atoms with Crippen LogP contribution in [0.5, 0.6) is 0 Å². The average molecular weight is 444 g/mol. The van der Waals surface area contributed by atoms with Crippen LogP contribution in [-0.4, -0.2) is 22.8 Å². The predicted octanol–water partition coefficient (Wildman–Crippen LogP) is 5.52. The number of benzene rings is 3. The molecule has 1 aliphatic rings. The number of anilines is 2. The van der Waals surface area contributed by atoms with Crippen molar-refractivity contribution in [3.8, 4) is 0 Å². The van der Waals surface area contributed by atoms with Crippen molar-refractivity contribution < 1.29 is 14.5 Å². The van der Waals surface area contributed by atoms with Gasteiger partial charge in [-0.1, -0.05) is 43.3 Å². The van der Waals surface area contributed by atoms with E-state index in [-0.39, 0.29) is 29.6 Å². The Balaban J connectivity index is 1.85. The van der Waals surface area contributed by atoms with Gasteiger partial charge >= 0.3 is 0 Å². The Labute approximate surface area is 192 Å². The van der Waals surface area contributed by atoms with Crippen LogP contribution >= 0.6 is 0 Å². The van der Waals surface area contributed by atoms with Crippen LogP contribution in [0.25, 0.3) is 0 Å². The second-order valence-electron chi connectivity index (χ2n) is 8.09. The van der Waals surface area contributed by atoms with Gasteiger partial charge in [0, 0.05) is 41.5 Å². The molecule has 7 nitrogen and oxygen atoms in total. The molecule has 0 saturated heterocycles. The van der Waals surface area contributed by atoms with Crippen LogP contribution in [0.1, 0.15) is 48.7 Å². The third kappa shape index (κ3) is 4.22. The van der Waals surface area contributed by atoms with E-state index in [2.05, 4.69) is 0 Å². The number of non-ortho nitro benzene ring substituents is 1. The minimum atomic E-state index is -0.459. The molecule has 0 fully saturated rings. The number of rotatable bonds is 5. The first-order valence-electron chi connectivity index (χ1n) is 11.0. The Morgan fingerprint density at radius 1 is 1.00 bits per heavy atom. The Hall–Kier alpha value is -4.00. The van der Waals surface area contributed by atoms with Gasteiger partial charge < -0.3 is 9.80 Å². The van der Waals surface area contributed by atoms with E-state index in [4.69, 9.17) is 0 Å². The Morgan fingerprint density at radius 3 is 2.27 bits per heavy atom. The highest BCUT2D eigenvalue weighted by atomic mass is 16.6. The molecule has 3 aromatic rings. The third-order valence-corrected chi connectivity index (χ3v) is 6.02. The van der Waals surface area contributed by atoms with Crippen molar-refractivity contribution in [1.29, 1.82) is 0 Å². The quantitative estimate of drug-likeness (QED) is 0.384. The summed E-state index contributed by atoms with van der Waals surface area (Å²) in [6.45, 7) is 3.82. The zero-order chi connectivity index (χ0) is 23.5. The van der Waals surface area contributed by atoms with Gasteiger partial charge in [-0.2, -0.15) is 0 Å². The highest BCUT2D eigenvalue weighted by Crippen LogP contribution is 2.43. The summed E-state index contributed by atoms with van der Waals surface area (Å²) in [6.07, 6.45) is 0.927. The van der Waals surface area contributed by atoms with E-state index in [1.807, 2.05) is 49.1 Å². The van der Waals surface area contributed by atoms with Crippen LogP contribution in [0.15, 0.2) is 78.9 Å². The molecule has 0 bridgehead atoms. The number of fused-ring (bicyclic) bond motifs is 1. The largest absolute Gasteiger partial charge is 0.309 e. The third-order valence-electron chi connectivity index (χ3n) is 6.02. The van der Waals surface area contributed by atoms with Gasteiger partial charge in [-0.3, -0.25) is 19.7 Å². The first kappa shape index (κ1) is 22.2. The fourth-order valence-electron chi connectivity index (χ4n) is 4.47. The summed E-state index contributed by atoms with van der Waals surface area (Å²) in [5.74, 6) is -0.170. The highest BCUT2D eigenvalue weighted by Gasteiger charge is 2.38. The lowest BCUT2D eigenvalue weighted by molar-refractivity contribution is -0.384. The molecule has 0 spiro atoms. The number of nitro groups is 1. The summed E-state index contributed by atoms with van der Waals surface area (Å²) >= 11 is 0. The van der Waals surface area contributed by atoms with Crippen molar-refractivity contribution >= 4 is 28.9 Å². The van der Waals surface area contributed by atoms with Crippen molar-refractivity contribution in [1.82, 2.24) is 0 Å². The van der Waals surface area contributed by atoms with Crippen molar-refractivity contribution in [2.24, 2.45) is 0 Å². The predicted molar refractivity (Wildman–Crippen MR) is 127 cm³/mol. The second-order valence-corrected chi connectivity index (χ2v) is 8.09. The molecule has 2 atom stereocenters. The van der Waals surface area contributed by atoms with Gasteiger partial charge in [0.15, 0.2) is 0 Å². The fraction of sp³-hybridized carbons (Fsp3) is 0.231. The molecule has 1 aliphatic heterocycles. The second kappa shape index (κ2) is 9.24. The van der Waals surface area contributed by atoms with E-state index in [1.54, 1.807) is 41.3 Å². The molecule has 4 rings (SSSR count). The summed E-state index contributed by atoms with van der Waals surface area (Å²) in [4.78, 5) is 40.7. The molecule has 0 saturated carbocycles. The number of nitro benzene ring substituents is 1. The van der Waals surface area contributed by atoms with Crippen molar-refractivity contribution in [3.05, 3.63) is 100 Å². The van der Waals surface area contributed by atoms with E-state index in [0.717, 1.165) is 11.3 Å². The fourth-order valence-corrected chi connectivity index (χ4v) is 4.47. The summed E-state index contributed by atoms with van der Waals surface area (Å²) in [5, 5.41) is 11.2.